The van der Waals surface area contributed by atoms with Gasteiger partial charge in [-0.25, -0.2) is 4.79 Å². The van der Waals surface area contributed by atoms with E-state index in [0.717, 1.165) is 122 Å². The van der Waals surface area contributed by atoms with Crippen LogP contribution in [0.4, 0.5) is 0 Å². The summed E-state index contributed by atoms with van der Waals surface area (Å²) in [5, 5.41) is 31.6. The first-order valence-corrected chi connectivity index (χ1v) is 33.3. The van der Waals surface area contributed by atoms with E-state index in [1.165, 1.54) is 122 Å². The first-order chi connectivity index (χ1) is 39.6. The van der Waals surface area contributed by atoms with Gasteiger partial charge >= 0.3 is 23.9 Å². The van der Waals surface area contributed by atoms with Crippen LogP contribution in [0, 0.1) is 0 Å². The van der Waals surface area contributed by atoms with E-state index in [1.54, 1.807) is 0 Å². The number of hydrogen-bond acceptors (Lipinski definition) is 11. The van der Waals surface area contributed by atoms with E-state index in [-0.39, 0.29) is 25.9 Å². The summed E-state index contributed by atoms with van der Waals surface area (Å²) in [6, 6.07) is 0. The Bertz CT molecular complexity index is 1640. The van der Waals surface area contributed by atoms with Crippen molar-refractivity contribution in [3.63, 3.8) is 0 Å². The van der Waals surface area contributed by atoms with Crippen molar-refractivity contribution in [2.75, 3.05) is 13.2 Å². The van der Waals surface area contributed by atoms with Crippen molar-refractivity contribution in [3.05, 3.63) is 60.8 Å². The minimum Gasteiger partial charge on any atom is -0.479 e. The van der Waals surface area contributed by atoms with Gasteiger partial charge in [-0.3, -0.25) is 14.4 Å². The van der Waals surface area contributed by atoms with Crippen molar-refractivity contribution in [1.29, 1.82) is 0 Å². The molecule has 468 valence electrons. The number of aliphatic hydroxyl groups is 2. The predicted octanol–water partition coefficient (Wildman–Crippen LogP) is 17.9. The number of carboxylic acids is 1. The third-order valence-electron chi connectivity index (χ3n) is 15.0. The minimum atomic E-state index is -1.91. The van der Waals surface area contributed by atoms with E-state index < -0.39 is 67.3 Å². The molecule has 0 aliphatic carbocycles. The highest BCUT2D eigenvalue weighted by atomic mass is 16.7. The maximum absolute atomic E-state index is 13.2. The lowest BCUT2D eigenvalue weighted by molar-refractivity contribution is -0.301. The zero-order chi connectivity index (χ0) is 58.9. The fourth-order valence-corrected chi connectivity index (χ4v) is 9.89. The molecule has 0 amide bonds. The molecule has 0 saturated carbocycles. The largest absolute Gasteiger partial charge is 0.479 e. The molecule has 0 radical (unpaired) electrons. The second-order valence-corrected chi connectivity index (χ2v) is 22.7. The summed E-state index contributed by atoms with van der Waals surface area (Å²) in [6.07, 6.45) is 58.8. The first-order valence-electron chi connectivity index (χ1n) is 33.3. The molecule has 3 N–H and O–H groups in total. The van der Waals surface area contributed by atoms with E-state index >= 15 is 0 Å². The molecule has 1 aliphatic heterocycles. The van der Waals surface area contributed by atoms with Crippen molar-refractivity contribution < 1.29 is 58.2 Å². The molecule has 12 heteroatoms. The molecule has 0 aromatic heterocycles. The lowest BCUT2D eigenvalue weighted by Gasteiger charge is -2.40. The second kappa shape index (κ2) is 56.9. The van der Waals surface area contributed by atoms with Gasteiger partial charge in [-0.15, -0.1) is 0 Å². The van der Waals surface area contributed by atoms with Gasteiger partial charge in [0.2, 0.25) is 0 Å². The van der Waals surface area contributed by atoms with Gasteiger partial charge in [0.1, 0.15) is 18.8 Å². The molecule has 6 atom stereocenters. The van der Waals surface area contributed by atoms with E-state index in [4.69, 9.17) is 23.7 Å². The van der Waals surface area contributed by atoms with Crippen LogP contribution >= 0.6 is 0 Å². The van der Waals surface area contributed by atoms with Gasteiger partial charge in [-0.2, -0.15) is 0 Å². The summed E-state index contributed by atoms with van der Waals surface area (Å²) >= 11 is 0. The fraction of sp³-hybridized carbons (Fsp3) is 0.797. The molecule has 1 saturated heterocycles. The monoisotopic (exact) mass is 1140 g/mol. The quantitative estimate of drug-likeness (QED) is 0.0228. The molecular weight excluding hydrogens is 1020 g/mol. The van der Waals surface area contributed by atoms with Crippen molar-refractivity contribution in [1.82, 2.24) is 0 Å². The number of unbranched alkanes of at least 4 members (excludes halogenated alkanes) is 33. The van der Waals surface area contributed by atoms with Crippen LogP contribution in [0.3, 0.4) is 0 Å². The standard InChI is InChI=1S/C69H120O12/c1-4-7-10-13-16-19-22-25-28-30-31-33-35-37-40-43-46-49-52-55-61(70)77-58-60(79-62(71)56-53-50-47-44-41-38-34-27-24-21-18-15-12-9-6-3)59-78-69-67(65(74)64(73)66(81-69)68(75)76)80-63(72)57-54-51-48-45-42-39-36-32-29-26-23-20-17-14-11-8-5-2/h16,19,25-29,31,33-34,60,64-67,69,73-74H,4-15,17-18,20-24,30,32,35-59H2,1-3H3,(H,75,76)/b19-16-,28-25-,29-26-,33-31-,34-27-. The Morgan fingerprint density at radius 2 is 0.741 bits per heavy atom. The number of carboxylic acid groups (broad SMARTS) is 1. The molecule has 1 fully saturated rings. The van der Waals surface area contributed by atoms with Gasteiger partial charge in [0.15, 0.2) is 24.6 Å². The third kappa shape index (κ3) is 46.5. The Morgan fingerprint density at radius 3 is 1.16 bits per heavy atom. The van der Waals surface area contributed by atoms with Crippen LogP contribution in [-0.2, 0) is 42.9 Å². The fourth-order valence-electron chi connectivity index (χ4n) is 9.89. The van der Waals surface area contributed by atoms with Gasteiger partial charge < -0.3 is 39.0 Å². The Kier molecular flexibility index (Phi) is 53.0. The maximum atomic E-state index is 13.2. The summed E-state index contributed by atoms with van der Waals surface area (Å²) in [7, 11) is 0. The average Bonchev–Trinajstić information content (AvgIpc) is 3.53. The van der Waals surface area contributed by atoms with Crippen LogP contribution < -0.4 is 0 Å². The van der Waals surface area contributed by atoms with Gasteiger partial charge in [0.25, 0.3) is 0 Å². The van der Waals surface area contributed by atoms with Crippen LogP contribution in [0.2, 0.25) is 0 Å². The normalized spacial score (nSPS) is 18.1. The Hall–Kier alpha value is -3.58. The smallest absolute Gasteiger partial charge is 0.335 e. The highest BCUT2D eigenvalue weighted by Gasteiger charge is 2.50. The van der Waals surface area contributed by atoms with Crippen molar-refractivity contribution in [2.45, 2.75) is 340 Å². The zero-order valence-electron chi connectivity index (χ0n) is 51.8. The van der Waals surface area contributed by atoms with E-state index in [0.29, 0.717) is 19.3 Å². The zero-order valence-corrected chi connectivity index (χ0v) is 51.8. The number of carbonyl (C=O) groups excluding carboxylic acids is 3. The molecule has 1 rings (SSSR count). The summed E-state index contributed by atoms with van der Waals surface area (Å²) in [4.78, 5) is 51.3. The van der Waals surface area contributed by atoms with Crippen LogP contribution in [0.1, 0.15) is 303 Å². The summed E-state index contributed by atoms with van der Waals surface area (Å²) in [5.74, 6) is -3.13. The number of aliphatic carboxylic acids is 1. The van der Waals surface area contributed by atoms with Crippen molar-refractivity contribution in [2.24, 2.45) is 0 Å². The second-order valence-electron chi connectivity index (χ2n) is 22.7. The summed E-state index contributed by atoms with van der Waals surface area (Å²) < 4.78 is 28.5. The predicted molar refractivity (Wildman–Crippen MR) is 331 cm³/mol. The molecule has 0 aromatic rings. The van der Waals surface area contributed by atoms with Crippen molar-refractivity contribution in [3.8, 4) is 0 Å². The minimum absolute atomic E-state index is 0.0537. The molecule has 6 unspecified atom stereocenters. The summed E-state index contributed by atoms with van der Waals surface area (Å²) in [6.45, 7) is 5.97. The number of hydrogen-bond donors (Lipinski definition) is 3. The maximum Gasteiger partial charge on any atom is 0.335 e. The molecule has 0 aromatic carbocycles. The van der Waals surface area contributed by atoms with Crippen LogP contribution in [0.15, 0.2) is 60.8 Å². The molecule has 12 nitrogen and oxygen atoms in total. The highest BCUT2D eigenvalue weighted by Crippen LogP contribution is 2.27. The average molecular weight is 1140 g/mol. The number of rotatable bonds is 57. The number of esters is 3. The van der Waals surface area contributed by atoms with Gasteiger partial charge in [0.05, 0.1) is 6.61 Å². The van der Waals surface area contributed by atoms with Crippen molar-refractivity contribution >= 4 is 23.9 Å². The van der Waals surface area contributed by atoms with Gasteiger partial charge in [-0.05, 0) is 109 Å². The topological polar surface area (TPSA) is 175 Å². The number of allylic oxidation sites excluding steroid dienone is 10. The molecule has 81 heavy (non-hydrogen) atoms. The lowest BCUT2D eigenvalue weighted by atomic mass is 9.98. The number of aliphatic hydroxyl groups excluding tert-OH is 2. The SMILES string of the molecule is CCCCC/C=C\C/C=C\C/C=C\CCCCCCCCC(=O)OCC(COC1OC(C(=O)O)C(O)C(O)C1OC(=O)CCCCCCCCC/C=C\CCCCCCCC)OC(=O)CCCCCCC/C=C\CCCCCCCC. The Labute approximate surface area is 494 Å². The van der Waals surface area contributed by atoms with Gasteiger partial charge in [-0.1, -0.05) is 236 Å². The van der Waals surface area contributed by atoms with Crippen LogP contribution in [0.25, 0.3) is 0 Å². The van der Waals surface area contributed by atoms with Gasteiger partial charge in [0, 0.05) is 19.3 Å². The molecule has 1 aliphatic rings. The van der Waals surface area contributed by atoms with E-state index in [9.17, 15) is 34.5 Å². The number of carbonyl (C=O) groups is 4. The first kappa shape index (κ1) is 75.4. The van der Waals surface area contributed by atoms with E-state index in [2.05, 4.69) is 81.5 Å². The molecule has 1 heterocycles. The molecule has 0 bridgehead atoms. The molecule has 0 spiro atoms. The van der Waals surface area contributed by atoms with Crippen LogP contribution in [-0.4, -0.2) is 89.2 Å². The highest BCUT2D eigenvalue weighted by molar-refractivity contribution is 5.74. The molecular formula is C69H120O12. The Morgan fingerprint density at radius 1 is 0.407 bits per heavy atom. The Balaban J connectivity index is 2.66. The summed E-state index contributed by atoms with van der Waals surface area (Å²) in [5.41, 5.74) is 0. The number of ether oxygens (including phenoxy) is 5. The third-order valence-corrected chi connectivity index (χ3v) is 15.0. The van der Waals surface area contributed by atoms with Crippen LogP contribution in [0.5, 0.6) is 0 Å². The van der Waals surface area contributed by atoms with E-state index in [1.807, 2.05) is 0 Å². The lowest BCUT2D eigenvalue weighted by Crippen LogP contribution is -2.61.